The first-order valence-electron chi connectivity index (χ1n) is 5.79. The highest BCUT2D eigenvalue weighted by molar-refractivity contribution is 9.10. The molecule has 1 aromatic rings. The Hall–Kier alpha value is -1.01. The van der Waals surface area contributed by atoms with Gasteiger partial charge in [0.15, 0.2) is 0 Å². The molecular formula is C13H16BrNO3S. The Bertz CT molecular complexity index is 448. The van der Waals surface area contributed by atoms with Crippen LogP contribution in [0.25, 0.3) is 0 Å². The van der Waals surface area contributed by atoms with E-state index in [1.807, 2.05) is 38.1 Å². The first kappa shape index (κ1) is 16.0. The third-order valence-corrected chi connectivity index (χ3v) is 3.95. The minimum absolute atomic E-state index is 0.117. The molecule has 1 aromatic carbocycles. The fraction of sp³-hybridized carbons (Fsp3) is 0.385. The van der Waals surface area contributed by atoms with Gasteiger partial charge in [-0.1, -0.05) is 15.9 Å². The zero-order chi connectivity index (χ0) is 14.4. The van der Waals surface area contributed by atoms with Crippen LogP contribution in [-0.4, -0.2) is 40.2 Å². The maximum atomic E-state index is 12.0. The van der Waals surface area contributed by atoms with Gasteiger partial charge in [-0.25, -0.2) is 0 Å². The molecule has 0 aromatic heterocycles. The Morgan fingerprint density at radius 1 is 1.32 bits per heavy atom. The van der Waals surface area contributed by atoms with Gasteiger partial charge in [-0.3, -0.25) is 9.59 Å². The smallest absolute Gasteiger partial charge is 0.323 e. The molecule has 0 saturated carbocycles. The van der Waals surface area contributed by atoms with E-state index in [-0.39, 0.29) is 24.2 Å². The van der Waals surface area contributed by atoms with Gasteiger partial charge in [0.1, 0.15) is 6.54 Å². The van der Waals surface area contributed by atoms with Gasteiger partial charge in [-0.15, -0.1) is 11.8 Å². The van der Waals surface area contributed by atoms with Crippen molar-refractivity contribution in [3.05, 3.63) is 28.7 Å². The second-order valence-electron chi connectivity index (χ2n) is 4.25. The molecule has 104 valence electrons. The predicted molar refractivity (Wildman–Crippen MR) is 79.4 cm³/mol. The number of carbonyl (C=O) groups is 2. The molecular weight excluding hydrogens is 330 g/mol. The monoisotopic (exact) mass is 345 g/mol. The Morgan fingerprint density at radius 3 is 2.37 bits per heavy atom. The maximum Gasteiger partial charge on any atom is 0.323 e. The fourth-order valence-electron chi connectivity index (χ4n) is 1.46. The van der Waals surface area contributed by atoms with Crippen molar-refractivity contribution >= 4 is 39.6 Å². The highest BCUT2D eigenvalue weighted by atomic mass is 79.9. The average Bonchev–Trinajstić information content (AvgIpc) is 2.34. The Kier molecular flexibility index (Phi) is 6.37. The highest BCUT2D eigenvalue weighted by Crippen LogP contribution is 2.21. The molecule has 6 heteroatoms. The Labute approximate surface area is 125 Å². The predicted octanol–water partition coefficient (Wildman–Crippen LogP) is 2.86. The minimum Gasteiger partial charge on any atom is -0.480 e. The molecule has 0 heterocycles. The Morgan fingerprint density at radius 2 is 1.89 bits per heavy atom. The number of carboxylic acids is 1. The molecule has 0 fully saturated rings. The second kappa shape index (κ2) is 7.55. The fourth-order valence-corrected chi connectivity index (χ4v) is 2.51. The van der Waals surface area contributed by atoms with Crippen LogP contribution >= 0.6 is 27.7 Å². The molecule has 0 bridgehead atoms. The van der Waals surface area contributed by atoms with Gasteiger partial charge in [0.25, 0.3) is 0 Å². The van der Waals surface area contributed by atoms with Crippen LogP contribution in [0.1, 0.15) is 13.8 Å². The topological polar surface area (TPSA) is 57.6 Å². The molecule has 0 radical (unpaired) electrons. The Balaban J connectivity index is 2.57. The van der Waals surface area contributed by atoms with Crippen molar-refractivity contribution in [3.8, 4) is 0 Å². The van der Waals surface area contributed by atoms with Crippen LogP contribution in [-0.2, 0) is 9.59 Å². The van der Waals surface area contributed by atoms with Crippen LogP contribution in [0.5, 0.6) is 0 Å². The summed E-state index contributed by atoms with van der Waals surface area (Å²) in [6.07, 6.45) is 0. The summed E-state index contributed by atoms with van der Waals surface area (Å²) in [7, 11) is 0. The van der Waals surface area contributed by atoms with E-state index in [1.54, 1.807) is 0 Å². The van der Waals surface area contributed by atoms with E-state index in [4.69, 9.17) is 5.11 Å². The average molecular weight is 346 g/mol. The van der Waals surface area contributed by atoms with Crippen molar-refractivity contribution in [3.63, 3.8) is 0 Å². The number of rotatable bonds is 6. The van der Waals surface area contributed by atoms with Crippen LogP contribution in [0.2, 0.25) is 0 Å². The van der Waals surface area contributed by atoms with E-state index in [1.165, 1.54) is 16.7 Å². The molecule has 4 nitrogen and oxygen atoms in total. The molecule has 0 aliphatic heterocycles. The summed E-state index contributed by atoms with van der Waals surface area (Å²) in [6.45, 7) is 3.37. The number of amides is 1. The zero-order valence-corrected chi connectivity index (χ0v) is 13.2. The van der Waals surface area contributed by atoms with Crippen molar-refractivity contribution in [1.29, 1.82) is 0 Å². The molecule has 0 aliphatic carbocycles. The molecule has 1 N–H and O–H groups in total. The van der Waals surface area contributed by atoms with E-state index in [0.717, 1.165) is 9.37 Å². The number of halogens is 1. The number of nitrogens with zero attached hydrogens (tertiary/aromatic N) is 1. The first-order valence-corrected chi connectivity index (χ1v) is 7.57. The number of hydrogen-bond donors (Lipinski definition) is 1. The molecule has 0 atom stereocenters. The van der Waals surface area contributed by atoms with Gasteiger partial charge in [0, 0.05) is 15.4 Å². The lowest BCUT2D eigenvalue weighted by atomic mass is 10.3. The quantitative estimate of drug-likeness (QED) is 0.805. The van der Waals surface area contributed by atoms with Crippen molar-refractivity contribution in [1.82, 2.24) is 4.90 Å². The van der Waals surface area contributed by atoms with E-state index < -0.39 is 5.97 Å². The van der Waals surface area contributed by atoms with Crippen LogP contribution in [0, 0.1) is 0 Å². The third-order valence-electron chi connectivity index (χ3n) is 2.43. The summed E-state index contributed by atoms with van der Waals surface area (Å²) in [6, 6.07) is 7.53. The van der Waals surface area contributed by atoms with Gasteiger partial charge >= 0.3 is 5.97 Å². The van der Waals surface area contributed by atoms with Gasteiger partial charge in [0.2, 0.25) is 5.91 Å². The molecule has 1 rings (SSSR count). The zero-order valence-electron chi connectivity index (χ0n) is 10.8. The van der Waals surface area contributed by atoms with Gasteiger partial charge in [-0.2, -0.15) is 0 Å². The summed E-state index contributed by atoms with van der Waals surface area (Å²) >= 11 is 4.75. The van der Waals surface area contributed by atoms with E-state index in [2.05, 4.69) is 15.9 Å². The SMILES string of the molecule is CC(C)N(CC(=O)O)C(=O)CSc1ccc(Br)cc1. The number of thioether (sulfide) groups is 1. The number of aliphatic carboxylic acids is 1. The van der Waals surface area contributed by atoms with E-state index >= 15 is 0 Å². The molecule has 0 unspecified atom stereocenters. The van der Waals surface area contributed by atoms with Crippen LogP contribution < -0.4 is 0 Å². The van der Waals surface area contributed by atoms with Gasteiger partial charge < -0.3 is 10.0 Å². The molecule has 0 aliphatic rings. The maximum absolute atomic E-state index is 12.0. The molecule has 0 spiro atoms. The van der Waals surface area contributed by atoms with Crippen LogP contribution in [0.3, 0.4) is 0 Å². The van der Waals surface area contributed by atoms with E-state index in [0.29, 0.717) is 0 Å². The molecule has 19 heavy (non-hydrogen) atoms. The van der Waals surface area contributed by atoms with Crippen molar-refractivity contribution in [2.45, 2.75) is 24.8 Å². The number of benzene rings is 1. The number of carbonyl (C=O) groups excluding carboxylic acids is 1. The number of hydrogen-bond acceptors (Lipinski definition) is 3. The minimum atomic E-state index is -0.990. The first-order chi connectivity index (χ1) is 8.90. The standard InChI is InChI=1S/C13H16BrNO3S/c1-9(2)15(7-13(17)18)12(16)8-19-11-5-3-10(14)4-6-11/h3-6,9H,7-8H2,1-2H3,(H,17,18). The second-order valence-corrected chi connectivity index (χ2v) is 6.22. The van der Waals surface area contributed by atoms with E-state index in [9.17, 15) is 9.59 Å². The van der Waals surface area contributed by atoms with Gasteiger partial charge in [-0.05, 0) is 38.1 Å². The van der Waals surface area contributed by atoms with Gasteiger partial charge in [0.05, 0.1) is 5.75 Å². The lowest BCUT2D eigenvalue weighted by Gasteiger charge is -2.24. The molecule has 1 amide bonds. The van der Waals surface area contributed by atoms with Crippen molar-refractivity contribution in [2.24, 2.45) is 0 Å². The normalized spacial score (nSPS) is 10.5. The number of carboxylic acid groups (broad SMARTS) is 1. The third kappa shape index (κ3) is 5.65. The van der Waals surface area contributed by atoms with Crippen molar-refractivity contribution in [2.75, 3.05) is 12.3 Å². The van der Waals surface area contributed by atoms with Crippen molar-refractivity contribution < 1.29 is 14.7 Å². The lowest BCUT2D eigenvalue weighted by Crippen LogP contribution is -2.41. The van der Waals surface area contributed by atoms with Crippen LogP contribution in [0.4, 0.5) is 0 Å². The summed E-state index contributed by atoms with van der Waals surface area (Å²) in [5, 5.41) is 8.79. The largest absolute Gasteiger partial charge is 0.480 e. The molecule has 0 saturated heterocycles. The lowest BCUT2D eigenvalue weighted by molar-refractivity contribution is -0.144. The highest BCUT2D eigenvalue weighted by Gasteiger charge is 2.19. The summed E-state index contributed by atoms with van der Waals surface area (Å²) in [4.78, 5) is 25.1. The summed E-state index contributed by atoms with van der Waals surface area (Å²) in [5.41, 5.74) is 0. The summed E-state index contributed by atoms with van der Waals surface area (Å²) in [5.74, 6) is -0.909. The van der Waals surface area contributed by atoms with Crippen LogP contribution in [0.15, 0.2) is 33.6 Å². The summed E-state index contributed by atoms with van der Waals surface area (Å²) < 4.78 is 0.984.